The molecule has 1 heterocycles. The fourth-order valence-electron chi connectivity index (χ4n) is 3.22. The molecule has 144 valence electrons. The van der Waals surface area contributed by atoms with Gasteiger partial charge in [0.05, 0.1) is 18.1 Å². The summed E-state index contributed by atoms with van der Waals surface area (Å²) in [7, 11) is 1.68. The molecule has 0 bridgehead atoms. The van der Waals surface area contributed by atoms with Gasteiger partial charge in [-0.25, -0.2) is 4.98 Å². The van der Waals surface area contributed by atoms with E-state index in [-0.39, 0.29) is 17.1 Å². The fraction of sp³-hybridized carbons (Fsp3) is 0.0800. The van der Waals surface area contributed by atoms with Crippen LogP contribution in [0.25, 0.3) is 22.4 Å². The fourth-order valence-corrected chi connectivity index (χ4v) is 3.22. The van der Waals surface area contributed by atoms with Crippen LogP contribution in [-0.4, -0.2) is 16.7 Å². The average Bonchev–Trinajstić information content (AvgIpc) is 3.52. The van der Waals surface area contributed by atoms with E-state index in [2.05, 4.69) is 60.6 Å². The smallest absolute Gasteiger partial charge is 0.497 e. The van der Waals surface area contributed by atoms with Crippen molar-refractivity contribution in [3.05, 3.63) is 112 Å². The molecule has 2 aliphatic rings. The summed E-state index contributed by atoms with van der Waals surface area (Å²) in [6.45, 7) is 0.814. The predicted octanol–water partition coefficient (Wildman–Crippen LogP) is 5.14. The molecule has 0 saturated heterocycles. The van der Waals surface area contributed by atoms with Gasteiger partial charge in [0.15, 0.2) is 0 Å². The second-order valence-electron chi connectivity index (χ2n) is 6.49. The summed E-state index contributed by atoms with van der Waals surface area (Å²) in [6.07, 6.45) is 18.4. The zero-order valence-electron chi connectivity index (χ0n) is 16.2. The minimum absolute atomic E-state index is 0. The number of nitrogens with zero attached hydrogens (tertiary/aromatic N) is 2. The second kappa shape index (κ2) is 10.8. The van der Waals surface area contributed by atoms with Crippen molar-refractivity contribution in [2.24, 2.45) is 0 Å². The summed E-state index contributed by atoms with van der Waals surface area (Å²) in [5.41, 5.74) is 3.26. The van der Waals surface area contributed by atoms with Crippen LogP contribution in [-0.2, 0) is 23.6 Å². The Hall–Kier alpha value is -1.77. The van der Waals surface area contributed by atoms with E-state index in [1.165, 1.54) is 5.92 Å². The van der Waals surface area contributed by atoms with Crippen LogP contribution in [0.1, 0.15) is 0 Å². The molecule has 0 N–H and O–H groups in total. The minimum atomic E-state index is 0. The number of aromatic nitrogens is 2. The summed E-state index contributed by atoms with van der Waals surface area (Å²) in [5, 5.41) is 0. The van der Waals surface area contributed by atoms with Crippen LogP contribution in [0, 0.1) is 63.7 Å². The first-order chi connectivity index (χ1) is 13.8. The van der Waals surface area contributed by atoms with E-state index >= 15 is 0 Å². The first-order valence-electron chi connectivity index (χ1n) is 9.32. The largest absolute Gasteiger partial charge is 2.00 e. The first-order valence-corrected chi connectivity index (χ1v) is 9.32. The van der Waals surface area contributed by atoms with E-state index in [4.69, 9.17) is 9.72 Å². The standard InChI is InChI=1S/C20H17N2O.C5H5.Fe/c1-23-17-12-10-16(11-13-17)20-21-18-8-4-5-9-19(18)22(20)14-15-6-2-3-7-15;1-2-4-5-3-1;/h2-13H,14H2,1H3;1-5H;/q;;+2. The van der Waals surface area contributed by atoms with Gasteiger partial charge >= 0.3 is 17.1 Å². The van der Waals surface area contributed by atoms with Gasteiger partial charge in [-0.2, -0.15) is 0 Å². The van der Waals surface area contributed by atoms with Gasteiger partial charge in [0.25, 0.3) is 0 Å². The van der Waals surface area contributed by atoms with Crippen LogP contribution in [0.4, 0.5) is 0 Å². The number of rotatable bonds is 4. The molecule has 10 radical (unpaired) electrons. The van der Waals surface area contributed by atoms with Gasteiger partial charge in [-0.3, -0.25) is 0 Å². The molecule has 1 aromatic heterocycles. The minimum Gasteiger partial charge on any atom is -0.497 e. The maximum absolute atomic E-state index is 5.25. The van der Waals surface area contributed by atoms with Crippen molar-refractivity contribution in [2.75, 3.05) is 7.11 Å². The van der Waals surface area contributed by atoms with Crippen molar-refractivity contribution in [1.29, 1.82) is 0 Å². The average molecular weight is 422 g/mol. The van der Waals surface area contributed by atoms with Gasteiger partial charge in [-0.15, -0.1) is 0 Å². The zero-order valence-corrected chi connectivity index (χ0v) is 17.3. The number of hydrogen-bond donors (Lipinski definition) is 0. The number of imidazole rings is 1. The molecular formula is C25H22FeN2O+2. The zero-order chi connectivity index (χ0) is 19.2. The van der Waals surface area contributed by atoms with Gasteiger partial charge in [0.2, 0.25) is 0 Å². The van der Waals surface area contributed by atoms with Gasteiger partial charge in [-0.1, -0.05) is 12.1 Å². The van der Waals surface area contributed by atoms with Crippen LogP contribution in [0.5, 0.6) is 5.75 Å². The molecule has 2 aliphatic carbocycles. The van der Waals surface area contributed by atoms with E-state index < -0.39 is 0 Å². The summed E-state index contributed by atoms with van der Waals surface area (Å²) in [6, 6.07) is 16.3. The van der Waals surface area contributed by atoms with Crippen LogP contribution in [0.15, 0.2) is 48.5 Å². The third-order valence-electron chi connectivity index (χ3n) is 4.63. The third kappa shape index (κ3) is 5.43. The van der Waals surface area contributed by atoms with Crippen LogP contribution in [0.3, 0.4) is 0 Å². The number of benzene rings is 2. The van der Waals surface area contributed by atoms with Gasteiger partial charge in [-0.05, 0) is 94.2 Å². The van der Waals surface area contributed by atoms with Gasteiger partial charge in [0.1, 0.15) is 11.6 Å². The SMILES string of the molecule is COc1ccc(-c2nc3ccccc3n2C[C]2[CH][CH][CH][CH]2)cc1.[CH]1[CH][CH][CH][CH]1.[Fe+2]. The quantitative estimate of drug-likeness (QED) is 0.545. The Morgan fingerprint density at radius 2 is 1.41 bits per heavy atom. The molecule has 5 rings (SSSR count). The van der Waals surface area contributed by atoms with Crippen molar-refractivity contribution in [1.82, 2.24) is 9.55 Å². The second-order valence-corrected chi connectivity index (χ2v) is 6.49. The van der Waals surface area contributed by atoms with E-state index in [0.717, 1.165) is 34.7 Å². The maximum atomic E-state index is 5.25. The molecule has 3 aromatic rings. The van der Waals surface area contributed by atoms with Crippen LogP contribution >= 0.6 is 0 Å². The van der Waals surface area contributed by atoms with Crippen molar-refractivity contribution in [3.8, 4) is 17.1 Å². The van der Waals surface area contributed by atoms with E-state index in [1.54, 1.807) is 7.11 Å². The Morgan fingerprint density at radius 1 is 0.793 bits per heavy atom. The topological polar surface area (TPSA) is 27.1 Å². The van der Waals surface area contributed by atoms with E-state index in [9.17, 15) is 0 Å². The first kappa shape index (κ1) is 21.9. The molecule has 3 nitrogen and oxygen atoms in total. The molecule has 0 spiro atoms. The third-order valence-corrected chi connectivity index (χ3v) is 4.63. The Labute approximate surface area is 185 Å². The Bertz CT molecular complexity index is 870. The van der Waals surface area contributed by atoms with Crippen molar-refractivity contribution in [2.45, 2.75) is 6.54 Å². The van der Waals surface area contributed by atoms with Gasteiger partial charge in [0, 0.05) is 18.0 Å². The molecule has 0 amide bonds. The molecule has 2 saturated carbocycles. The molecule has 4 heteroatoms. The molecule has 0 unspecified atom stereocenters. The van der Waals surface area contributed by atoms with E-state index in [0.29, 0.717) is 0 Å². The summed E-state index contributed by atoms with van der Waals surface area (Å²) >= 11 is 0. The molecule has 0 atom stereocenters. The monoisotopic (exact) mass is 422 g/mol. The van der Waals surface area contributed by atoms with Crippen molar-refractivity contribution in [3.63, 3.8) is 0 Å². The Kier molecular flexibility index (Phi) is 8.20. The molecule has 29 heavy (non-hydrogen) atoms. The number of ether oxygens (including phenoxy) is 1. The van der Waals surface area contributed by atoms with Crippen LogP contribution < -0.4 is 4.74 Å². The summed E-state index contributed by atoms with van der Waals surface area (Å²) in [5.74, 6) is 3.12. The molecular weight excluding hydrogens is 400 g/mol. The normalized spacial score (nSPS) is 16.3. The summed E-state index contributed by atoms with van der Waals surface area (Å²) in [4.78, 5) is 4.84. The van der Waals surface area contributed by atoms with Crippen molar-refractivity contribution >= 4 is 11.0 Å². The molecule has 2 fully saturated rings. The number of fused-ring (bicyclic) bond motifs is 1. The molecule has 2 aromatic carbocycles. The van der Waals surface area contributed by atoms with Gasteiger partial charge < -0.3 is 9.30 Å². The van der Waals surface area contributed by atoms with Crippen molar-refractivity contribution < 1.29 is 21.8 Å². The predicted molar refractivity (Wildman–Crippen MR) is 114 cm³/mol. The summed E-state index contributed by atoms with van der Waals surface area (Å²) < 4.78 is 7.52. The maximum Gasteiger partial charge on any atom is 2.00 e. The van der Waals surface area contributed by atoms with Crippen LogP contribution in [0.2, 0.25) is 0 Å². The van der Waals surface area contributed by atoms with E-state index in [1.807, 2.05) is 50.3 Å². The Balaban J connectivity index is 0.000000352. The number of hydrogen-bond acceptors (Lipinski definition) is 2. The number of methoxy groups -OCH3 is 1. The number of para-hydroxylation sites is 2. The molecule has 0 aliphatic heterocycles. The Morgan fingerprint density at radius 3 is 2.03 bits per heavy atom.